The maximum absolute atomic E-state index is 4.88. The lowest BCUT2D eigenvalue weighted by atomic mass is 9.83. The molecular weight excluding hydrogens is 225 g/mol. The summed E-state index contributed by atoms with van der Waals surface area (Å²) in [6.07, 6.45) is 1.66. The first kappa shape index (κ1) is 9.80. The highest BCUT2D eigenvalue weighted by atomic mass is 17.2. The fraction of sp³-hybridized carbons (Fsp3) is 0. The first-order valence-electron chi connectivity index (χ1n) is 5.90. The molecule has 86 valence electrons. The van der Waals surface area contributed by atoms with Crippen molar-refractivity contribution >= 4 is 34.8 Å². The lowest BCUT2D eigenvalue weighted by molar-refractivity contribution is -0.138. The van der Waals surface area contributed by atoms with Crippen LogP contribution in [0.2, 0.25) is 0 Å². The summed E-state index contributed by atoms with van der Waals surface area (Å²) in [5, 5.41) is 2.50. The van der Waals surface area contributed by atoms with E-state index in [9.17, 15) is 0 Å². The van der Waals surface area contributed by atoms with Gasteiger partial charge in [0.15, 0.2) is 0 Å². The summed E-state index contributed by atoms with van der Waals surface area (Å²) in [4.78, 5) is 13.1. The summed E-state index contributed by atoms with van der Waals surface area (Å²) in [5.74, 6) is 0. The number of para-hydroxylation sites is 1. The smallest absolute Gasteiger partial charge is 0.362 e. The predicted molar refractivity (Wildman–Crippen MR) is 73.1 cm³/mol. The van der Waals surface area contributed by atoms with Gasteiger partial charge < -0.3 is 9.87 Å². The highest BCUT2D eigenvalue weighted by Gasteiger charge is 2.13. The van der Waals surface area contributed by atoms with E-state index in [0.717, 1.165) is 22.1 Å². The number of hydrogen-bond acceptors (Lipinski definition) is 2. The van der Waals surface area contributed by atoms with Crippen molar-refractivity contribution in [1.82, 2.24) is 4.98 Å². The molecule has 0 saturated carbocycles. The maximum atomic E-state index is 4.88. The molecular formula is C14H10BNO2. The van der Waals surface area contributed by atoms with Crippen molar-refractivity contribution in [3.8, 4) is 0 Å². The Morgan fingerprint density at radius 2 is 1.83 bits per heavy atom. The van der Waals surface area contributed by atoms with Gasteiger partial charge in [0, 0.05) is 21.8 Å². The van der Waals surface area contributed by atoms with Crippen molar-refractivity contribution in [3.63, 3.8) is 0 Å². The van der Waals surface area contributed by atoms with Crippen LogP contribution in [0.3, 0.4) is 0 Å². The van der Waals surface area contributed by atoms with Gasteiger partial charge in [-0.3, -0.25) is 4.81 Å². The lowest BCUT2D eigenvalue weighted by Gasteiger charge is -1.98. The average molecular weight is 235 g/mol. The van der Waals surface area contributed by atoms with Crippen LogP contribution in [0.1, 0.15) is 5.56 Å². The fourth-order valence-corrected chi connectivity index (χ4v) is 2.43. The zero-order chi connectivity index (χ0) is 11.9. The molecule has 2 aromatic carbocycles. The first-order valence-corrected chi connectivity index (χ1v) is 5.90. The van der Waals surface area contributed by atoms with Crippen LogP contribution in [-0.4, -0.2) is 12.5 Å². The highest BCUT2D eigenvalue weighted by Crippen LogP contribution is 2.28. The zero-order valence-corrected chi connectivity index (χ0v) is 9.64. The summed E-state index contributed by atoms with van der Waals surface area (Å²) in [6.45, 7) is 0. The fourth-order valence-electron chi connectivity index (χ4n) is 2.43. The number of hydrogen-bond donors (Lipinski definition) is 1. The Morgan fingerprint density at radius 1 is 0.944 bits per heavy atom. The number of aromatic nitrogens is 1. The van der Waals surface area contributed by atoms with Crippen molar-refractivity contribution in [2.24, 2.45) is 0 Å². The van der Waals surface area contributed by atoms with Gasteiger partial charge in [-0.05, 0) is 23.2 Å². The topological polar surface area (TPSA) is 34.2 Å². The summed E-state index contributed by atoms with van der Waals surface area (Å²) in [5.41, 5.74) is 4.50. The standard InChI is InChI=1S/C14H10BNO2/c1-2-4-13-10(3-1)11-6-5-9(7-14(11)16-13)12-8-17-18-15-12/h1-8,15-16H. The molecule has 3 aromatic rings. The van der Waals surface area contributed by atoms with E-state index >= 15 is 0 Å². The van der Waals surface area contributed by atoms with Crippen LogP contribution in [0.15, 0.2) is 48.7 Å². The Hall–Kier alpha value is -2.20. The third-order valence-electron chi connectivity index (χ3n) is 3.35. The molecule has 0 amide bonds. The number of aromatic amines is 1. The summed E-state index contributed by atoms with van der Waals surface area (Å²) in [7, 11) is 0.506. The number of rotatable bonds is 1. The second-order valence-corrected chi connectivity index (χ2v) is 4.43. The van der Waals surface area contributed by atoms with Crippen molar-refractivity contribution < 1.29 is 9.69 Å². The van der Waals surface area contributed by atoms with Crippen molar-refractivity contribution in [3.05, 3.63) is 54.3 Å². The van der Waals surface area contributed by atoms with Gasteiger partial charge in [-0.25, -0.2) is 0 Å². The molecule has 0 aliphatic carbocycles. The van der Waals surface area contributed by atoms with E-state index in [2.05, 4.69) is 41.4 Å². The van der Waals surface area contributed by atoms with E-state index in [-0.39, 0.29) is 0 Å². The van der Waals surface area contributed by atoms with E-state index in [1.807, 2.05) is 6.07 Å². The van der Waals surface area contributed by atoms with E-state index in [4.69, 9.17) is 9.69 Å². The molecule has 18 heavy (non-hydrogen) atoms. The van der Waals surface area contributed by atoms with Crippen molar-refractivity contribution in [1.29, 1.82) is 0 Å². The minimum atomic E-state index is 0.506. The van der Waals surface area contributed by atoms with Gasteiger partial charge in [-0.2, -0.15) is 0 Å². The quantitative estimate of drug-likeness (QED) is 0.519. The van der Waals surface area contributed by atoms with Crippen LogP contribution in [0.4, 0.5) is 0 Å². The molecule has 1 aliphatic rings. The van der Waals surface area contributed by atoms with Gasteiger partial charge in [-0.1, -0.05) is 30.3 Å². The normalized spacial score (nSPS) is 14.6. The monoisotopic (exact) mass is 235 g/mol. The Kier molecular flexibility index (Phi) is 1.99. The van der Waals surface area contributed by atoms with Crippen LogP contribution in [0.5, 0.6) is 0 Å². The Morgan fingerprint density at radius 3 is 2.72 bits per heavy atom. The molecule has 1 aliphatic heterocycles. The molecule has 1 aromatic heterocycles. The lowest BCUT2D eigenvalue weighted by Crippen LogP contribution is -1.91. The van der Waals surface area contributed by atoms with Crippen LogP contribution in [0.25, 0.3) is 27.3 Å². The maximum Gasteiger partial charge on any atom is 0.375 e. The SMILES string of the molecule is B1OOC=C1c1ccc2c(c1)[nH]c1ccccc12. The van der Waals surface area contributed by atoms with Crippen molar-refractivity contribution in [2.45, 2.75) is 0 Å². The molecule has 3 nitrogen and oxygen atoms in total. The van der Waals surface area contributed by atoms with E-state index < -0.39 is 0 Å². The van der Waals surface area contributed by atoms with E-state index in [1.165, 1.54) is 10.8 Å². The van der Waals surface area contributed by atoms with E-state index in [1.54, 1.807) is 6.26 Å². The molecule has 0 radical (unpaired) electrons. The number of H-pyrrole nitrogens is 1. The minimum Gasteiger partial charge on any atom is -0.362 e. The van der Waals surface area contributed by atoms with Gasteiger partial charge in [0.2, 0.25) is 0 Å². The number of fused-ring (bicyclic) bond motifs is 3. The van der Waals surface area contributed by atoms with Gasteiger partial charge >= 0.3 is 7.48 Å². The summed E-state index contributed by atoms with van der Waals surface area (Å²) < 4.78 is 0. The Balaban J connectivity index is 1.97. The molecule has 4 heteroatoms. The van der Waals surface area contributed by atoms with Gasteiger partial charge in [0.1, 0.15) is 6.26 Å². The highest BCUT2D eigenvalue weighted by molar-refractivity contribution is 6.55. The van der Waals surface area contributed by atoms with Crippen LogP contribution in [0, 0.1) is 0 Å². The molecule has 1 N–H and O–H groups in total. The molecule has 0 bridgehead atoms. The third-order valence-corrected chi connectivity index (χ3v) is 3.35. The number of benzene rings is 2. The molecule has 4 rings (SSSR count). The average Bonchev–Trinajstić information content (AvgIpc) is 3.05. The summed E-state index contributed by atoms with van der Waals surface area (Å²) >= 11 is 0. The second-order valence-electron chi connectivity index (χ2n) is 4.43. The molecule has 0 atom stereocenters. The summed E-state index contributed by atoms with van der Waals surface area (Å²) in [6, 6.07) is 14.7. The second kappa shape index (κ2) is 3.65. The van der Waals surface area contributed by atoms with Gasteiger partial charge in [0.25, 0.3) is 0 Å². The minimum absolute atomic E-state index is 0.506. The zero-order valence-electron chi connectivity index (χ0n) is 9.64. The largest absolute Gasteiger partial charge is 0.375 e. The van der Waals surface area contributed by atoms with Crippen LogP contribution >= 0.6 is 0 Å². The molecule has 0 saturated heterocycles. The third kappa shape index (κ3) is 1.36. The predicted octanol–water partition coefficient (Wildman–Crippen LogP) is 2.93. The van der Waals surface area contributed by atoms with Crippen LogP contribution < -0.4 is 0 Å². The van der Waals surface area contributed by atoms with Gasteiger partial charge in [0.05, 0.1) is 0 Å². The number of nitrogens with one attached hydrogen (secondary N) is 1. The molecule has 2 heterocycles. The molecule has 0 fully saturated rings. The van der Waals surface area contributed by atoms with Crippen LogP contribution in [-0.2, 0) is 9.69 Å². The Labute approximate surface area is 104 Å². The molecule has 0 spiro atoms. The van der Waals surface area contributed by atoms with E-state index in [0.29, 0.717) is 7.48 Å². The Bertz CT molecular complexity index is 776. The first-order chi connectivity index (χ1) is 8.92. The van der Waals surface area contributed by atoms with Gasteiger partial charge in [-0.15, -0.1) is 0 Å². The van der Waals surface area contributed by atoms with Crippen molar-refractivity contribution in [2.75, 3.05) is 0 Å². The molecule has 0 unspecified atom stereocenters.